The summed E-state index contributed by atoms with van der Waals surface area (Å²) < 4.78 is 11.9. The van der Waals surface area contributed by atoms with E-state index in [2.05, 4.69) is 75.4 Å². The predicted octanol–water partition coefficient (Wildman–Crippen LogP) is 4.23. The van der Waals surface area contributed by atoms with Gasteiger partial charge in [0.2, 0.25) is 0 Å². The molecule has 0 unspecified atom stereocenters. The standard InChI is InChI=1S/C25H33O3Si/c1-5-27-24(26)19-11-15-21(16-12-19)28-29(22-9-7-6-8-10-22)23-17-13-20(14-18-23)25(2,3)4/h6-10,13-14,17-19,21H,5,11-12,15-16H2,1-4H3. The van der Waals surface area contributed by atoms with Crippen LogP contribution in [0.4, 0.5) is 0 Å². The summed E-state index contributed by atoms with van der Waals surface area (Å²) in [6.45, 7) is 9.05. The summed E-state index contributed by atoms with van der Waals surface area (Å²) >= 11 is 0. The van der Waals surface area contributed by atoms with Crippen molar-refractivity contribution >= 4 is 25.4 Å². The molecule has 0 aromatic heterocycles. The van der Waals surface area contributed by atoms with Crippen LogP contribution in [-0.2, 0) is 19.4 Å². The van der Waals surface area contributed by atoms with Crippen LogP contribution in [0.1, 0.15) is 58.9 Å². The zero-order valence-corrected chi connectivity index (χ0v) is 19.1. The Kier molecular flexibility index (Phi) is 7.31. The zero-order valence-electron chi connectivity index (χ0n) is 18.1. The number of esters is 1. The molecule has 0 aliphatic heterocycles. The fraction of sp³-hybridized carbons (Fsp3) is 0.480. The van der Waals surface area contributed by atoms with Crippen molar-refractivity contribution in [3.63, 3.8) is 0 Å². The molecule has 2 aromatic rings. The topological polar surface area (TPSA) is 35.5 Å². The first kappa shape index (κ1) is 21.8. The second-order valence-electron chi connectivity index (χ2n) is 8.87. The van der Waals surface area contributed by atoms with Gasteiger partial charge in [0, 0.05) is 6.10 Å². The first-order chi connectivity index (χ1) is 13.9. The highest BCUT2D eigenvalue weighted by atomic mass is 28.3. The van der Waals surface area contributed by atoms with Crippen molar-refractivity contribution in [3.8, 4) is 0 Å². The minimum Gasteiger partial charge on any atom is -0.466 e. The summed E-state index contributed by atoms with van der Waals surface area (Å²) in [6, 6.07) is 19.5. The quantitative estimate of drug-likeness (QED) is 0.529. The van der Waals surface area contributed by atoms with Gasteiger partial charge < -0.3 is 9.16 Å². The van der Waals surface area contributed by atoms with Crippen LogP contribution in [0, 0.1) is 5.92 Å². The second-order valence-corrected chi connectivity index (χ2v) is 10.9. The smallest absolute Gasteiger partial charge is 0.308 e. The largest absolute Gasteiger partial charge is 0.466 e. The number of hydrogen-bond acceptors (Lipinski definition) is 3. The molecule has 0 amide bonds. The van der Waals surface area contributed by atoms with Crippen LogP contribution in [-0.4, -0.2) is 27.7 Å². The lowest BCUT2D eigenvalue weighted by Gasteiger charge is -2.30. The van der Waals surface area contributed by atoms with Gasteiger partial charge in [0.25, 0.3) is 9.04 Å². The molecule has 1 fully saturated rings. The van der Waals surface area contributed by atoms with Gasteiger partial charge >= 0.3 is 5.97 Å². The molecule has 2 aromatic carbocycles. The average molecular weight is 410 g/mol. The van der Waals surface area contributed by atoms with Crippen molar-refractivity contribution in [1.29, 1.82) is 0 Å². The fourth-order valence-electron chi connectivity index (χ4n) is 3.86. The third-order valence-corrected chi connectivity index (χ3v) is 7.91. The van der Waals surface area contributed by atoms with E-state index < -0.39 is 9.04 Å². The molecule has 1 aliphatic carbocycles. The lowest BCUT2D eigenvalue weighted by atomic mass is 9.87. The fourth-order valence-corrected chi connectivity index (χ4v) is 6.00. The molecule has 0 saturated heterocycles. The molecule has 4 heteroatoms. The molecule has 0 atom stereocenters. The molecule has 0 N–H and O–H groups in total. The van der Waals surface area contributed by atoms with E-state index in [0.29, 0.717) is 6.61 Å². The lowest BCUT2D eigenvalue weighted by molar-refractivity contribution is -0.149. The molecular formula is C25H33O3Si. The Balaban J connectivity index is 1.73. The number of benzene rings is 2. The normalized spacial score (nSPS) is 19.9. The van der Waals surface area contributed by atoms with Crippen molar-refractivity contribution in [3.05, 3.63) is 60.2 Å². The van der Waals surface area contributed by atoms with E-state index in [1.54, 1.807) is 0 Å². The summed E-state index contributed by atoms with van der Waals surface area (Å²) in [4.78, 5) is 12.0. The summed E-state index contributed by atoms with van der Waals surface area (Å²) in [5.74, 6) is -0.00873. The van der Waals surface area contributed by atoms with E-state index in [4.69, 9.17) is 9.16 Å². The molecule has 155 valence electrons. The van der Waals surface area contributed by atoms with Gasteiger partial charge in [-0.1, -0.05) is 75.4 Å². The maximum Gasteiger partial charge on any atom is 0.308 e. The molecule has 0 spiro atoms. The highest BCUT2D eigenvalue weighted by molar-refractivity contribution is 6.80. The summed E-state index contributed by atoms with van der Waals surface area (Å²) in [7, 11) is -1.32. The highest BCUT2D eigenvalue weighted by Crippen LogP contribution is 2.28. The van der Waals surface area contributed by atoms with Gasteiger partial charge in [0.15, 0.2) is 0 Å². The molecule has 3 nitrogen and oxygen atoms in total. The predicted molar refractivity (Wildman–Crippen MR) is 120 cm³/mol. The van der Waals surface area contributed by atoms with Crippen LogP contribution in [0.25, 0.3) is 0 Å². The van der Waals surface area contributed by atoms with Crippen LogP contribution in [0.5, 0.6) is 0 Å². The van der Waals surface area contributed by atoms with E-state index in [0.717, 1.165) is 25.7 Å². The Hall–Kier alpha value is -1.91. The van der Waals surface area contributed by atoms with Crippen molar-refractivity contribution in [2.24, 2.45) is 5.92 Å². The SMILES string of the molecule is CCOC(=O)C1CCC(O[Si](c2ccccc2)c2ccc(C(C)(C)C)cc2)CC1. The monoisotopic (exact) mass is 409 g/mol. The maximum absolute atomic E-state index is 12.0. The summed E-state index contributed by atoms with van der Waals surface area (Å²) in [6.07, 6.45) is 3.76. The van der Waals surface area contributed by atoms with E-state index in [-0.39, 0.29) is 23.4 Å². The van der Waals surface area contributed by atoms with Crippen LogP contribution >= 0.6 is 0 Å². The Bertz CT molecular complexity index is 772. The summed E-state index contributed by atoms with van der Waals surface area (Å²) in [5.41, 5.74) is 1.48. The molecule has 1 radical (unpaired) electrons. The van der Waals surface area contributed by atoms with Crippen molar-refractivity contribution in [1.82, 2.24) is 0 Å². The minimum absolute atomic E-state index is 0.0354. The van der Waals surface area contributed by atoms with Gasteiger partial charge in [-0.3, -0.25) is 4.79 Å². The van der Waals surface area contributed by atoms with Crippen molar-refractivity contribution in [2.45, 2.75) is 64.9 Å². The molecule has 3 rings (SSSR count). The van der Waals surface area contributed by atoms with Crippen LogP contribution in [0.3, 0.4) is 0 Å². The molecule has 0 bridgehead atoms. The lowest BCUT2D eigenvalue weighted by Crippen LogP contribution is -2.48. The average Bonchev–Trinajstić information content (AvgIpc) is 2.73. The Morgan fingerprint density at radius 1 is 0.931 bits per heavy atom. The second kappa shape index (κ2) is 9.73. The zero-order chi connectivity index (χ0) is 20.9. The Morgan fingerprint density at radius 3 is 2.07 bits per heavy atom. The molecule has 0 heterocycles. The van der Waals surface area contributed by atoms with Crippen molar-refractivity contribution in [2.75, 3.05) is 6.61 Å². The third-order valence-electron chi connectivity index (χ3n) is 5.63. The van der Waals surface area contributed by atoms with E-state index in [1.807, 2.05) is 6.92 Å². The van der Waals surface area contributed by atoms with Gasteiger partial charge in [-0.25, -0.2) is 0 Å². The van der Waals surface area contributed by atoms with Gasteiger partial charge in [-0.15, -0.1) is 0 Å². The Labute approximate surface area is 177 Å². The van der Waals surface area contributed by atoms with Crippen molar-refractivity contribution < 1.29 is 14.0 Å². The highest BCUT2D eigenvalue weighted by Gasteiger charge is 2.31. The van der Waals surface area contributed by atoms with Crippen LogP contribution in [0.2, 0.25) is 0 Å². The molecule has 29 heavy (non-hydrogen) atoms. The van der Waals surface area contributed by atoms with E-state index in [1.165, 1.54) is 15.9 Å². The number of rotatable bonds is 6. The number of ether oxygens (including phenoxy) is 1. The van der Waals surface area contributed by atoms with E-state index in [9.17, 15) is 4.79 Å². The van der Waals surface area contributed by atoms with Crippen LogP contribution in [0.15, 0.2) is 54.6 Å². The summed E-state index contributed by atoms with van der Waals surface area (Å²) in [5, 5.41) is 2.55. The number of hydrogen-bond donors (Lipinski definition) is 0. The first-order valence-electron chi connectivity index (χ1n) is 10.7. The molecule has 1 saturated carbocycles. The van der Waals surface area contributed by atoms with Crippen LogP contribution < -0.4 is 10.4 Å². The number of carbonyl (C=O) groups excluding carboxylic acids is 1. The van der Waals surface area contributed by atoms with E-state index >= 15 is 0 Å². The minimum atomic E-state index is -1.32. The van der Waals surface area contributed by atoms with Gasteiger partial charge in [0.05, 0.1) is 12.5 Å². The number of carbonyl (C=O) groups is 1. The third kappa shape index (κ3) is 5.80. The maximum atomic E-state index is 12.0. The molecule has 1 aliphatic rings. The van der Waals surface area contributed by atoms with Gasteiger partial charge in [-0.2, -0.15) is 0 Å². The van der Waals surface area contributed by atoms with Gasteiger partial charge in [0.1, 0.15) is 0 Å². The Morgan fingerprint density at radius 2 is 1.52 bits per heavy atom. The van der Waals surface area contributed by atoms with Gasteiger partial charge in [-0.05, 0) is 54.0 Å². The first-order valence-corrected chi connectivity index (χ1v) is 12.2. The molecular weight excluding hydrogens is 376 g/mol.